The molecular formula is C28H34O4SSi. The van der Waals surface area contributed by atoms with E-state index in [0.717, 1.165) is 18.4 Å². The second-order valence-corrected chi connectivity index (χ2v) is 16.2. The van der Waals surface area contributed by atoms with Crippen LogP contribution in [0.4, 0.5) is 0 Å². The minimum Gasteiger partial charge on any atom is -0.404 e. The van der Waals surface area contributed by atoms with Crippen LogP contribution in [0.3, 0.4) is 0 Å². The normalized spacial score (nSPS) is 18.9. The van der Waals surface area contributed by atoms with Crippen molar-refractivity contribution in [2.45, 2.75) is 56.6 Å². The van der Waals surface area contributed by atoms with Crippen LogP contribution in [0.25, 0.3) is 0 Å². The molecule has 180 valence electrons. The van der Waals surface area contributed by atoms with Gasteiger partial charge in [-0.25, -0.2) is 0 Å². The number of hydrogen-bond acceptors (Lipinski definition) is 4. The molecule has 0 unspecified atom stereocenters. The van der Waals surface area contributed by atoms with E-state index in [4.69, 9.17) is 8.61 Å². The van der Waals surface area contributed by atoms with Gasteiger partial charge in [-0.05, 0) is 53.2 Å². The molecule has 0 bridgehead atoms. The van der Waals surface area contributed by atoms with Crippen molar-refractivity contribution in [2.75, 3.05) is 6.61 Å². The number of rotatable bonds is 8. The highest BCUT2D eigenvalue weighted by Crippen LogP contribution is 2.41. The van der Waals surface area contributed by atoms with E-state index in [2.05, 4.69) is 69.3 Å². The van der Waals surface area contributed by atoms with Crippen LogP contribution < -0.4 is 10.4 Å². The van der Waals surface area contributed by atoms with Crippen LogP contribution in [0, 0.1) is 12.8 Å². The highest BCUT2D eigenvalue weighted by molar-refractivity contribution is 7.86. The van der Waals surface area contributed by atoms with Gasteiger partial charge in [0.15, 0.2) is 0 Å². The van der Waals surface area contributed by atoms with Gasteiger partial charge in [-0.1, -0.05) is 99.1 Å². The summed E-state index contributed by atoms with van der Waals surface area (Å²) >= 11 is 0. The van der Waals surface area contributed by atoms with Crippen molar-refractivity contribution in [3.63, 3.8) is 0 Å². The first kappa shape index (κ1) is 24.9. The summed E-state index contributed by atoms with van der Waals surface area (Å²) in [5.74, 6) is 0.170. The van der Waals surface area contributed by atoms with Crippen LogP contribution in [0.2, 0.25) is 5.04 Å². The molecule has 0 N–H and O–H groups in total. The first-order valence-electron chi connectivity index (χ1n) is 11.9. The van der Waals surface area contributed by atoms with Crippen molar-refractivity contribution in [3.05, 3.63) is 90.5 Å². The Morgan fingerprint density at radius 2 is 1.32 bits per heavy atom. The minimum atomic E-state index is -3.74. The molecule has 0 radical (unpaired) electrons. The zero-order chi connectivity index (χ0) is 24.4. The molecule has 4 rings (SSSR count). The van der Waals surface area contributed by atoms with Gasteiger partial charge >= 0.3 is 0 Å². The first-order valence-corrected chi connectivity index (χ1v) is 15.2. The van der Waals surface area contributed by atoms with E-state index in [-0.39, 0.29) is 28.6 Å². The molecule has 6 heteroatoms. The molecule has 1 saturated carbocycles. The Hall–Kier alpha value is -2.25. The first-order chi connectivity index (χ1) is 16.1. The van der Waals surface area contributed by atoms with Gasteiger partial charge in [0.1, 0.15) is 0 Å². The SMILES string of the molecule is Cc1ccc(S(=O)(=O)OC[C@H]2C[C@@H](O[Si](c3ccccc3)(c3ccccc3)C(C)(C)C)C2)cc1. The number of benzene rings is 3. The lowest BCUT2D eigenvalue weighted by atomic mass is 9.83. The van der Waals surface area contributed by atoms with Crippen molar-refractivity contribution in [1.29, 1.82) is 0 Å². The molecule has 0 amide bonds. The quantitative estimate of drug-likeness (QED) is 0.325. The average molecular weight is 495 g/mol. The van der Waals surface area contributed by atoms with Gasteiger partial charge in [0, 0.05) is 6.10 Å². The van der Waals surface area contributed by atoms with Crippen LogP contribution in [0.15, 0.2) is 89.8 Å². The highest BCUT2D eigenvalue weighted by Gasteiger charge is 2.52. The van der Waals surface area contributed by atoms with Gasteiger partial charge in [-0.2, -0.15) is 8.42 Å². The summed E-state index contributed by atoms with van der Waals surface area (Å²) in [5.41, 5.74) is 1.02. The van der Waals surface area contributed by atoms with Crippen LogP contribution in [-0.4, -0.2) is 29.4 Å². The van der Waals surface area contributed by atoms with Crippen molar-refractivity contribution >= 4 is 28.8 Å². The Labute approximate surface area is 205 Å². The summed E-state index contributed by atoms with van der Waals surface area (Å²) in [4.78, 5) is 0.206. The summed E-state index contributed by atoms with van der Waals surface area (Å²) in [5, 5.41) is 2.44. The van der Waals surface area contributed by atoms with E-state index in [1.165, 1.54) is 10.4 Å². The Kier molecular flexibility index (Phi) is 7.15. The Morgan fingerprint density at radius 1 is 0.824 bits per heavy atom. The number of hydrogen-bond donors (Lipinski definition) is 0. The average Bonchev–Trinajstić information content (AvgIpc) is 2.78. The monoisotopic (exact) mass is 494 g/mol. The lowest BCUT2D eigenvalue weighted by molar-refractivity contribution is 0.0329. The van der Waals surface area contributed by atoms with Crippen LogP contribution in [0.1, 0.15) is 39.2 Å². The second-order valence-electron chi connectivity index (χ2n) is 10.3. The minimum absolute atomic E-state index is 0.0773. The molecule has 0 atom stereocenters. The maximum absolute atomic E-state index is 12.6. The lowest BCUT2D eigenvalue weighted by Gasteiger charge is -2.48. The predicted molar refractivity (Wildman–Crippen MR) is 140 cm³/mol. The van der Waals surface area contributed by atoms with E-state index < -0.39 is 18.4 Å². The van der Waals surface area contributed by atoms with Gasteiger partial charge in [-0.3, -0.25) is 4.18 Å². The summed E-state index contributed by atoms with van der Waals surface area (Å²) in [6.07, 6.45) is 1.68. The number of aryl methyl sites for hydroxylation is 1. The maximum atomic E-state index is 12.6. The van der Waals surface area contributed by atoms with E-state index in [1.54, 1.807) is 24.3 Å². The van der Waals surface area contributed by atoms with Crippen molar-refractivity contribution < 1.29 is 17.0 Å². The Bertz CT molecular complexity index is 1140. The molecule has 0 aliphatic heterocycles. The molecule has 3 aromatic carbocycles. The lowest BCUT2D eigenvalue weighted by Crippen LogP contribution is -2.68. The molecule has 0 heterocycles. The third-order valence-corrected chi connectivity index (χ3v) is 13.1. The van der Waals surface area contributed by atoms with E-state index in [1.807, 2.05) is 19.1 Å². The highest BCUT2D eigenvalue weighted by atomic mass is 32.2. The van der Waals surface area contributed by atoms with Crippen molar-refractivity contribution in [1.82, 2.24) is 0 Å². The zero-order valence-electron chi connectivity index (χ0n) is 20.4. The summed E-state index contributed by atoms with van der Waals surface area (Å²) in [6, 6.07) is 28.0. The maximum Gasteiger partial charge on any atom is 0.296 e. The topological polar surface area (TPSA) is 52.6 Å². The fourth-order valence-electron chi connectivity index (χ4n) is 4.81. The fraction of sp³-hybridized carbons (Fsp3) is 0.357. The van der Waals surface area contributed by atoms with Gasteiger partial charge in [-0.15, -0.1) is 0 Å². The molecule has 4 nitrogen and oxygen atoms in total. The second kappa shape index (κ2) is 9.78. The molecule has 3 aromatic rings. The standard InChI is InChI=1S/C28H34O4SSi/c1-22-15-17-25(18-16-22)33(29,30)31-21-23-19-24(20-23)32-34(28(2,3)4,26-11-7-5-8-12-26)27-13-9-6-10-14-27/h5-18,23-24H,19-21H2,1-4H3/t23-,24+. The third kappa shape index (κ3) is 5.05. The van der Waals surface area contributed by atoms with E-state index in [9.17, 15) is 8.42 Å². The van der Waals surface area contributed by atoms with Gasteiger partial charge in [0.2, 0.25) is 0 Å². The van der Waals surface area contributed by atoms with E-state index in [0.29, 0.717) is 0 Å². The molecule has 34 heavy (non-hydrogen) atoms. The van der Waals surface area contributed by atoms with Crippen molar-refractivity contribution in [3.8, 4) is 0 Å². The van der Waals surface area contributed by atoms with Gasteiger partial charge in [0.25, 0.3) is 18.4 Å². The summed E-state index contributed by atoms with van der Waals surface area (Å²) < 4.78 is 37.6. The summed E-state index contributed by atoms with van der Waals surface area (Å²) in [6.45, 7) is 8.93. The smallest absolute Gasteiger partial charge is 0.296 e. The third-order valence-electron chi connectivity index (χ3n) is 6.72. The molecule has 0 spiro atoms. The zero-order valence-corrected chi connectivity index (χ0v) is 22.2. The molecule has 1 aliphatic rings. The summed E-state index contributed by atoms with van der Waals surface area (Å²) in [7, 11) is -6.33. The van der Waals surface area contributed by atoms with Gasteiger partial charge < -0.3 is 4.43 Å². The van der Waals surface area contributed by atoms with Crippen molar-refractivity contribution in [2.24, 2.45) is 5.92 Å². The van der Waals surface area contributed by atoms with E-state index >= 15 is 0 Å². The largest absolute Gasteiger partial charge is 0.404 e. The van der Waals surface area contributed by atoms with Gasteiger partial charge in [0.05, 0.1) is 11.5 Å². The molecule has 0 aromatic heterocycles. The van der Waals surface area contributed by atoms with Crippen LogP contribution >= 0.6 is 0 Å². The predicted octanol–water partition coefficient (Wildman–Crippen LogP) is 5.06. The molecule has 1 aliphatic carbocycles. The molecule has 0 saturated heterocycles. The van der Waals surface area contributed by atoms with Crippen LogP contribution in [0.5, 0.6) is 0 Å². The molecular weight excluding hydrogens is 460 g/mol. The fourth-order valence-corrected chi connectivity index (χ4v) is 10.5. The Morgan fingerprint density at radius 3 is 1.79 bits per heavy atom. The van der Waals surface area contributed by atoms with Crippen LogP contribution in [-0.2, 0) is 18.7 Å². The Balaban J connectivity index is 1.49. The molecule has 1 fully saturated rings.